The summed E-state index contributed by atoms with van der Waals surface area (Å²) in [5, 5.41) is 0. The van der Waals surface area contributed by atoms with Gasteiger partial charge in [0.2, 0.25) is 10.0 Å². The van der Waals surface area contributed by atoms with Crippen molar-refractivity contribution in [1.82, 2.24) is 9.21 Å². The van der Waals surface area contributed by atoms with Crippen molar-refractivity contribution in [3.05, 3.63) is 35.4 Å². The van der Waals surface area contributed by atoms with Crippen LogP contribution in [0.25, 0.3) is 0 Å². The molecule has 5 heteroatoms. The van der Waals surface area contributed by atoms with Crippen LogP contribution in [0.4, 0.5) is 0 Å². The average Bonchev–Trinajstić information content (AvgIpc) is 2.45. The van der Waals surface area contributed by atoms with Gasteiger partial charge in [0.05, 0.1) is 6.26 Å². The minimum absolute atomic E-state index is 0.123. The summed E-state index contributed by atoms with van der Waals surface area (Å²) in [6.07, 6.45) is 4.25. The minimum atomic E-state index is -3.10. The van der Waals surface area contributed by atoms with Crippen molar-refractivity contribution >= 4 is 10.0 Å². The molecule has 1 aromatic rings. The molecule has 0 spiro atoms. The van der Waals surface area contributed by atoms with Crippen LogP contribution in [-0.2, 0) is 16.4 Å². The van der Waals surface area contributed by atoms with Gasteiger partial charge in [-0.1, -0.05) is 24.3 Å². The normalized spacial score (nSPS) is 27.1. The molecule has 0 N–H and O–H groups in total. The molecule has 1 aromatic carbocycles. The van der Waals surface area contributed by atoms with Gasteiger partial charge in [-0.2, -0.15) is 0 Å². The summed E-state index contributed by atoms with van der Waals surface area (Å²) in [4.78, 5) is 2.51. The molecular weight excluding hydrogens is 272 g/mol. The van der Waals surface area contributed by atoms with Gasteiger partial charge in [-0.15, -0.1) is 0 Å². The summed E-state index contributed by atoms with van der Waals surface area (Å²) in [5.41, 5.74) is 2.82. The molecule has 1 fully saturated rings. The topological polar surface area (TPSA) is 40.6 Å². The average molecular weight is 294 g/mol. The highest BCUT2D eigenvalue weighted by molar-refractivity contribution is 7.88. The van der Waals surface area contributed by atoms with Crippen LogP contribution in [0, 0.1) is 0 Å². The SMILES string of the molecule is CN([C@@H]1CCN2CCc3ccccc3[C@H]2C1)S(C)(=O)=O. The number of benzene rings is 1. The van der Waals surface area contributed by atoms with Gasteiger partial charge in [0.25, 0.3) is 0 Å². The lowest BCUT2D eigenvalue weighted by molar-refractivity contribution is 0.0971. The Bertz CT molecular complexity index is 600. The highest BCUT2D eigenvalue weighted by Gasteiger charge is 2.36. The van der Waals surface area contributed by atoms with E-state index in [0.717, 1.165) is 32.4 Å². The van der Waals surface area contributed by atoms with E-state index < -0.39 is 10.0 Å². The summed E-state index contributed by atoms with van der Waals surface area (Å²) in [6, 6.07) is 9.09. The first kappa shape index (κ1) is 14.0. The quantitative estimate of drug-likeness (QED) is 0.832. The van der Waals surface area contributed by atoms with Crippen LogP contribution in [0.2, 0.25) is 0 Å². The first-order chi connectivity index (χ1) is 9.47. The lowest BCUT2D eigenvalue weighted by Gasteiger charge is -2.45. The third kappa shape index (κ3) is 2.50. The zero-order chi connectivity index (χ0) is 14.3. The van der Waals surface area contributed by atoms with E-state index in [0.29, 0.717) is 6.04 Å². The maximum Gasteiger partial charge on any atom is 0.211 e. The van der Waals surface area contributed by atoms with Crippen molar-refractivity contribution in [2.75, 3.05) is 26.4 Å². The molecule has 2 atom stereocenters. The van der Waals surface area contributed by atoms with Crippen molar-refractivity contribution in [2.45, 2.75) is 31.3 Å². The van der Waals surface area contributed by atoms with E-state index in [1.165, 1.54) is 17.4 Å². The van der Waals surface area contributed by atoms with Gasteiger partial charge in [0, 0.05) is 32.2 Å². The maximum atomic E-state index is 11.7. The molecule has 0 aliphatic carbocycles. The molecular formula is C15H22N2O2S. The smallest absolute Gasteiger partial charge is 0.211 e. The van der Waals surface area contributed by atoms with Crippen LogP contribution in [0.15, 0.2) is 24.3 Å². The summed E-state index contributed by atoms with van der Waals surface area (Å²) < 4.78 is 25.1. The van der Waals surface area contributed by atoms with Crippen LogP contribution < -0.4 is 0 Å². The van der Waals surface area contributed by atoms with Crippen molar-refractivity contribution in [2.24, 2.45) is 0 Å². The number of fused-ring (bicyclic) bond motifs is 3. The van der Waals surface area contributed by atoms with Gasteiger partial charge >= 0.3 is 0 Å². The third-order valence-electron chi connectivity index (χ3n) is 4.81. The predicted molar refractivity (Wildman–Crippen MR) is 80.1 cm³/mol. The zero-order valence-corrected chi connectivity index (χ0v) is 12.9. The predicted octanol–water partition coefficient (Wildman–Crippen LogP) is 1.64. The standard InChI is InChI=1S/C15H22N2O2S/c1-16(20(2,18)19)13-8-10-17-9-7-12-5-3-4-6-14(12)15(17)11-13/h3-6,13,15H,7-11H2,1-2H3/t13-,15-/m1/s1. The van der Waals surface area contributed by atoms with Gasteiger partial charge in [-0.3, -0.25) is 4.90 Å². The Morgan fingerprint density at radius 3 is 2.75 bits per heavy atom. The zero-order valence-electron chi connectivity index (χ0n) is 12.1. The first-order valence-electron chi connectivity index (χ1n) is 7.21. The lowest BCUT2D eigenvalue weighted by Crippen LogP contribution is -2.48. The lowest BCUT2D eigenvalue weighted by atomic mass is 9.85. The van der Waals surface area contributed by atoms with Crippen LogP contribution in [0.5, 0.6) is 0 Å². The molecule has 4 nitrogen and oxygen atoms in total. The van der Waals surface area contributed by atoms with E-state index in [9.17, 15) is 8.42 Å². The summed E-state index contributed by atoms with van der Waals surface area (Å²) in [7, 11) is -1.39. The molecule has 0 unspecified atom stereocenters. The van der Waals surface area contributed by atoms with E-state index in [1.807, 2.05) is 0 Å². The van der Waals surface area contributed by atoms with Crippen LogP contribution in [0.3, 0.4) is 0 Å². The fourth-order valence-corrected chi connectivity index (χ4v) is 4.27. The first-order valence-corrected chi connectivity index (χ1v) is 9.06. The van der Waals surface area contributed by atoms with Crippen LogP contribution in [0.1, 0.15) is 30.0 Å². The Hall–Kier alpha value is -0.910. The van der Waals surface area contributed by atoms with E-state index in [4.69, 9.17) is 0 Å². The second-order valence-corrected chi connectivity index (χ2v) is 8.00. The van der Waals surface area contributed by atoms with Gasteiger partial charge in [-0.25, -0.2) is 12.7 Å². The monoisotopic (exact) mass is 294 g/mol. The maximum absolute atomic E-state index is 11.7. The second kappa shape index (κ2) is 5.13. The van der Waals surface area contributed by atoms with Gasteiger partial charge < -0.3 is 0 Å². The van der Waals surface area contributed by atoms with E-state index >= 15 is 0 Å². The number of piperidine rings is 1. The molecule has 1 saturated heterocycles. The highest BCUT2D eigenvalue weighted by Crippen LogP contribution is 2.37. The molecule has 0 bridgehead atoms. The fraction of sp³-hybridized carbons (Fsp3) is 0.600. The molecule has 0 amide bonds. The Kier molecular flexibility index (Phi) is 3.60. The van der Waals surface area contributed by atoms with Crippen molar-refractivity contribution in [3.63, 3.8) is 0 Å². The Labute approximate surface area is 121 Å². The molecule has 20 heavy (non-hydrogen) atoms. The minimum Gasteiger partial charge on any atom is -0.296 e. The number of nitrogens with zero attached hydrogens (tertiary/aromatic N) is 2. The molecule has 2 aliphatic rings. The summed E-state index contributed by atoms with van der Waals surface area (Å²) >= 11 is 0. The van der Waals surface area contributed by atoms with E-state index in [-0.39, 0.29) is 6.04 Å². The fourth-order valence-electron chi connectivity index (χ4n) is 3.54. The number of sulfonamides is 1. The van der Waals surface area contributed by atoms with Gasteiger partial charge in [0.1, 0.15) is 0 Å². The Morgan fingerprint density at radius 1 is 1.25 bits per heavy atom. The van der Waals surface area contributed by atoms with Crippen molar-refractivity contribution < 1.29 is 8.42 Å². The van der Waals surface area contributed by atoms with Crippen LogP contribution >= 0.6 is 0 Å². The van der Waals surface area contributed by atoms with Gasteiger partial charge in [-0.05, 0) is 30.4 Å². The van der Waals surface area contributed by atoms with Crippen LogP contribution in [-0.4, -0.2) is 50.1 Å². The Balaban J connectivity index is 1.86. The highest BCUT2D eigenvalue weighted by atomic mass is 32.2. The van der Waals surface area contributed by atoms with Crippen molar-refractivity contribution in [3.8, 4) is 0 Å². The molecule has 0 radical (unpaired) electrons. The second-order valence-electron chi connectivity index (χ2n) is 5.96. The largest absolute Gasteiger partial charge is 0.296 e. The van der Waals surface area contributed by atoms with E-state index in [1.54, 1.807) is 11.4 Å². The van der Waals surface area contributed by atoms with E-state index in [2.05, 4.69) is 29.2 Å². The third-order valence-corrected chi connectivity index (χ3v) is 6.15. The summed E-state index contributed by atoms with van der Waals surface area (Å²) in [5.74, 6) is 0. The number of hydrogen-bond acceptors (Lipinski definition) is 3. The molecule has 0 aromatic heterocycles. The number of rotatable bonds is 2. The molecule has 2 aliphatic heterocycles. The summed E-state index contributed by atoms with van der Waals surface area (Å²) in [6.45, 7) is 2.08. The molecule has 0 saturated carbocycles. The molecule has 110 valence electrons. The Morgan fingerprint density at radius 2 is 2.00 bits per heavy atom. The van der Waals surface area contributed by atoms with Gasteiger partial charge in [0.15, 0.2) is 0 Å². The molecule has 2 heterocycles. The van der Waals surface area contributed by atoms with Crippen molar-refractivity contribution in [1.29, 1.82) is 0 Å². The molecule has 3 rings (SSSR count). The number of hydrogen-bond donors (Lipinski definition) is 0.